The molecule has 1 aromatic heterocycles. The second-order valence-corrected chi connectivity index (χ2v) is 3.48. The third-order valence-electron chi connectivity index (χ3n) is 1.77. The molecule has 0 bridgehead atoms. The first-order valence-corrected chi connectivity index (χ1v) is 5.02. The molecule has 0 saturated heterocycles. The molecule has 0 aliphatic rings. The Balaban J connectivity index is 3.23. The zero-order chi connectivity index (χ0) is 12.1. The van der Waals surface area contributed by atoms with E-state index >= 15 is 0 Å². The number of anilines is 1. The number of hydrogen-bond acceptors (Lipinski definition) is 6. The molecule has 1 rings (SSSR count). The predicted molar refractivity (Wildman–Crippen MR) is 56.7 cm³/mol. The van der Waals surface area contributed by atoms with Gasteiger partial charge in [-0.3, -0.25) is 4.79 Å². The second kappa shape index (κ2) is 5.26. The highest BCUT2D eigenvalue weighted by atomic mass is 32.1. The Morgan fingerprint density at radius 3 is 2.44 bits per heavy atom. The number of methoxy groups -OCH3 is 2. The van der Waals surface area contributed by atoms with E-state index in [0.717, 1.165) is 11.3 Å². The molecule has 16 heavy (non-hydrogen) atoms. The fourth-order valence-corrected chi connectivity index (χ4v) is 1.99. The fraction of sp³-hybridized carbons (Fsp3) is 0.222. The third-order valence-corrected chi connectivity index (χ3v) is 2.73. The molecule has 1 N–H and O–H groups in total. The van der Waals surface area contributed by atoms with Crippen LogP contribution in [0.25, 0.3) is 0 Å². The van der Waals surface area contributed by atoms with E-state index in [9.17, 15) is 14.4 Å². The number of thiophene rings is 1. The Morgan fingerprint density at radius 2 is 1.94 bits per heavy atom. The first kappa shape index (κ1) is 12.2. The highest BCUT2D eigenvalue weighted by molar-refractivity contribution is 7.13. The van der Waals surface area contributed by atoms with E-state index in [1.54, 1.807) is 0 Å². The van der Waals surface area contributed by atoms with E-state index in [1.165, 1.54) is 19.6 Å². The molecule has 7 heteroatoms. The van der Waals surface area contributed by atoms with E-state index in [1.807, 2.05) is 0 Å². The molecule has 86 valence electrons. The summed E-state index contributed by atoms with van der Waals surface area (Å²) in [4.78, 5) is 33.2. The monoisotopic (exact) mass is 243 g/mol. The van der Waals surface area contributed by atoms with Gasteiger partial charge in [0.15, 0.2) is 0 Å². The van der Waals surface area contributed by atoms with Crippen molar-refractivity contribution in [2.45, 2.75) is 0 Å². The molecule has 0 saturated carbocycles. The molecule has 1 amide bonds. The van der Waals surface area contributed by atoms with Gasteiger partial charge in [0.05, 0.1) is 19.9 Å². The maximum atomic E-state index is 11.4. The Bertz CT molecular complexity index is 426. The molecule has 0 radical (unpaired) electrons. The fourth-order valence-electron chi connectivity index (χ4n) is 1.08. The van der Waals surface area contributed by atoms with Crippen LogP contribution in [-0.2, 0) is 14.3 Å². The van der Waals surface area contributed by atoms with Gasteiger partial charge in [-0.2, -0.15) is 0 Å². The number of hydrogen-bond donors (Lipinski definition) is 1. The summed E-state index contributed by atoms with van der Waals surface area (Å²) in [5.41, 5.74) is 0.235. The Kier molecular flexibility index (Phi) is 4.01. The van der Waals surface area contributed by atoms with E-state index in [-0.39, 0.29) is 16.1 Å². The minimum absolute atomic E-state index is 0.00597. The van der Waals surface area contributed by atoms with Crippen molar-refractivity contribution in [3.8, 4) is 0 Å². The van der Waals surface area contributed by atoms with E-state index in [2.05, 4.69) is 14.8 Å². The quantitative estimate of drug-likeness (QED) is 0.627. The number of carbonyl (C=O) groups is 3. The largest absolute Gasteiger partial charge is 0.465 e. The predicted octanol–water partition coefficient (Wildman–Crippen LogP) is 0.890. The van der Waals surface area contributed by atoms with Gasteiger partial charge in [0, 0.05) is 5.38 Å². The van der Waals surface area contributed by atoms with Gasteiger partial charge in [0.25, 0.3) is 0 Å². The van der Waals surface area contributed by atoms with Crippen LogP contribution >= 0.6 is 11.3 Å². The molecule has 1 aromatic rings. The lowest BCUT2D eigenvalue weighted by Crippen LogP contribution is -2.11. The smallest absolute Gasteiger partial charge is 0.349 e. The van der Waals surface area contributed by atoms with Gasteiger partial charge in [-0.25, -0.2) is 9.59 Å². The lowest BCUT2D eigenvalue weighted by atomic mass is 10.2. The molecule has 0 fully saturated rings. The number of esters is 2. The molecule has 0 aliphatic carbocycles. The molecule has 0 spiro atoms. The maximum absolute atomic E-state index is 11.4. The van der Waals surface area contributed by atoms with E-state index < -0.39 is 11.9 Å². The first-order chi connectivity index (χ1) is 7.65. The molecule has 1 heterocycles. The van der Waals surface area contributed by atoms with Gasteiger partial charge in [-0.15, -0.1) is 11.3 Å². The van der Waals surface area contributed by atoms with Crippen molar-refractivity contribution in [2.24, 2.45) is 0 Å². The standard InChI is InChI=1S/C9H9NO5S/c1-14-8(12)6-5(10-4-11)3-16-7(6)9(13)15-2/h3-4H,1-2H3,(H,10,11). The van der Waals surface area contributed by atoms with Gasteiger partial charge in [-0.1, -0.05) is 0 Å². The molecule has 0 aromatic carbocycles. The molecular formula is C9H9NO5S. The zero-order valence-corrected chi connectivity index (χ0v) is 9.42. The van der Waals surface area contributed by atoms with Crippen LogP contribution in [0, 0.1) is 0 Å². The maximum Gasteiger partial charge on any atom is 0.349 e. The number of rotatable bonds is 4. The summed E-state index contributed by atoms with van der Waals surface area (Å²) in [6.07, 6.45) is 0.412. The summed E-state index contributed by atoms with van der Waals surface area (Å²) < 4.78 is 9.03. The van der Waals surface area contributed by atoms with Crippen molar-refractivity contribution in [3.63, 3.8) is 0 Å². The Morgan fingerprint density at radius 1 is 1.31 bits per heavy atom. The van der Waals surface area contributed by atoms with Crippen LogP contribution in [0.1, 0.15) is 20.0 Å². The number of carbonyl (C=O) groups excluding carboxylic acids is 3. The summed E-state index contributed by atoms with van der Waals surface area (Å²) in [5, 5.41) is 3.78. The van der Waals surface area contributed by atoms with Crippen molar-refractivity contribution in [2.75, 3.05) is 19.5 Å². The lowest BCUT2D eigenvalue weighted by molar-refractivity contribution is -0.105. The van der Waals surface area contributed by atoms with Crippen molar-refractivity contribution < 1.29 is 23.9 Å². The van der Waals surface area contributed by atoms with Crippen molar-refractivity contribution in [3.05, 3.63) is 15.8 Å². The summed E-state index contributed by atoms with van der Waals surface area (Å²) >= 11 is 0.996. The zero-order valence-electron chi connectivity index (χ0n) is 8.60. The molecule has 0 aliphatic heterocycles. The molecular weight excluding hydrogens is 234 g/mol. The SMILES string of the molecule is COC(=O)c1scc(NC=O)c1C(=O)OC. The summed E-state index contributed by atoms with van der Waals surface area (Å²) in [7, 11) is 2.39. The molecule has 0 unspecified atom stereocenters. The summed E-state index contributed by atoms with van der Waals surface area (Å²) in [5.74, 6) is -1.35. The highest BCUT2D eigenvalue weighted by Crippen LogP contribution is 2.28. The Hall–Kier alpha value is -1.89. The van der Waals surface area contributed by atoms with Gasteiger partial charge < -0.3 is 14.8 Å². The van der Waals surface area contributed by atoms with Crippen molar-refractivity contribution in [1.82, 2.24) is 0 Å². The van der Waals surface area contributed by atoms with E-state index in [4.69, 9.17) is 0 Å². The highest BCUT2D eigenvalue weighted by Gasteiger charge is 2.24. The Labute approximate surface area is 95.2 Å². The summed E-state index contributed by atoms with van der Waals surface area (Å²) in [6, 6.07) is 0. The van der Waals surface area contributed by atoms with Gasteiger partial charge >= 0.3 is 11.9 Å². The topological polar surface area (TPSA) is 81.7 Å². The van der Waals surface area contributed by atoms with Crippen LogP contribution in [0.4, 0.5) is 5.69 Å². The number of ether oxygens (including phenoxy) is 2. The normalized spacial score (nSPS) is 9.38. The van der Waals surface area contributed by atoms with Crippen LogP contribution in [-0.4, -0.2) is 32.6 Å². The van der Waals surface area contributed by atoms with Crippen molar-refractivity contribution in [1.29, 1.82) is 0 Å². The summed E-state index contributed by atoms with van der Waals surface area (Å²) in [6.45, 7) is 0. The van der Waals surface area contributed by atoms with Crippen molar-refractivity contribution >= 4 is 35.4 Å². The average molecular weight is 243 g/mol. The molecule has 0 atom stereocenters. The van der Waals surface area contributed by atoms with Gasteiger partial charge in [-0.05, 0) is 0 Å². The van der Waals surface area contributed by atoms with Gasteiger partial charge in [0.1, 0.15) is 10.4 Å². The minimum Gasteiger partial charge on any atom is -0.465 e. The first-order valence-electron chi connectivity index (χ1n) is 4.14. The van der Waals surface area contributed by atoms with Crippen LogP contribution in [0.5, 0.6) is 0 Å². The molecule has 6 nitrogen and oxygen atoms in total. The van der Waals surface area contributed by atoms with Crippen LogP contribution < -0.4 is 5.32 Å². The minimum atomic E-state index is -0.703. The number of nitrogens with one attached hydrogen (secondary N) is 1. The lowest BCUT2D eigenvalue weighted by Gasteiger charge is -2.03. The average Bonchev–Trinajstić information content (AvgIpc) is 2.71. The van der Waals surface area contributed by atoms with Crippen LogP contribution in [0.3, 0.4) is 0 Å². The van der Waals surface area contributed by atoms with E-state index in [0.29, 0.717) is 6.41 Å². The second-order valence-electron chi connectivity index (χ2n) is 2.60. The van der Waals surface area contributed by atoms with Gasteiger partial charge in [0.2, 0.25) is 6.41 Å². The van der Waals surface area contributed by atoms with Crippen LogP contribution in [0.15, 0.2) is 5.38 Å². The van der Waals surface area contributed by atoms with Crippen LogP contribution in [0.2, 0.25) is 0 Å². The third kappa shape index (κ3) is 2.19. The number of amides is 1.